The van der Waals surface area contributed by atoms with Gasteiger partial charge in [0.1, 0.15) is 5.58 Å². The Morgan fingerprint density at radius 1 is 0.651 bits per heavy atom. The van der Waals surface area contributed by atoms with Gasteiger partial charge in [-0.15, -0.1) is 0 Å². The van der Waals surface area contributed by atoms with Gasteiger partial charge in [-0.2, -0.15) is 0 Å². The second-order valence-corrected chi connectivity index (χ2v) is 11.3. The van der Waals surface area contributed by atoms with E-state index < -0.39 is 0 Å². The van der Waals surface area contributed by atoms with Crippen LogP contribution in [0.2, 0.25) is 0 Å². The van der Waals surface area contributed by atoms with Gasteiger partial charge in [-0.1, -0.05) is 97.1 Å². The van der Waals surface area contributed by atoms with E-state index in [1.165, 1.54) is 0 Å². The predicted molar refractivity (Wildman–Crippen MR) is 175 cm³/mol. The predicted octanol–water partition coefficient (Wildman–Crippen LogP) is 7.11. The highest BCUT2D eigenvalue weighted by molar-refractivity contribution is 6.89. The van der Waals surface area contributed by atoms with Crippen molar-refractivity contribution >= 4 is 67.7 Å². The zero-order valence-corrected chi connectivity index (χ0v) is 22.9. The van der Waals surface area contributed by atoms with Crippen molar-refractivity contribution < 1.29 is 4.42 Å². The van der Waals surface area contributed by atoms with Crippen molar-refractivity contribution in [3.8, 4) is 16.8 Å². The highest BCUT2D eigenvalue weighted by Crippen LogP contribution is 2.46. The summed E-state index contributed by atoms with van der Waals surface area (Å²) in [6.45, 7) is -0.303. The maximum Gasteiger partial charge on any atom is 0.357 e. The Balaban J connectivity index is 1.41. The molecule has 6 heteroatoms. The van der Waals surface area contributed by atoms with Crippen LogP contribution in [0.3, 0.4) is 0 Å². The van der Waals surface area contributed by atoms with Gasteiger partial charge in [-0.25, -0.2) is 0 Å². The quantitative estimate of drug-likeness (QED) is 0.215. The van der Waals surface area contributed by atoms with Gasteiger partial charge in [0.15, 0.2) is 5.58 Å². The van der Waals surface area contributed by atoms with Crippen molar-refractivity contribution in [1.29, 1.82) is 0 Å². The first kappa shape index (κ1) is 22.9. The van der Waals surface area contributed by atoms with Gasteiger partial charge >= 0.3 is 6.85 Å². The average Bonchev–Trinajstić information content (AvgIpc) is 3.71. The van der Waals surface area contributed by atoms with Crippen LogP contribution in [0.15, 0.2) is 143 Å². The lowest BCUT2D eigenvalue weighted by molar-refractivity contribution is 0.669. The molecule has 6 aromatic carbocycles. The second-order valence-electron chi connectivity index (χ2n) is 11.3. The summed E-state index contributed by atoms with van der Waals surface area (Å²) in [6.07, 6.45) is 0. The van der Waals surface area contributed by atoms with E-state index in [2.05, 4.69) is 107 Å². The molecule has 8 aromatic rings. The highest BCUT2D eigenvalue weighted by atomic mass is 16.3. The third-order valence-electron chi connectivity index (χ3n) is 9.11. The van der Waals surface area contributed by atoms with Crippen LogP contribution >= 0.6 is 0 Å². The lowest BCUT2D eigenvalue weighted by Gasteiger charge is -2.34. The number of hydrogen-bond donors (Lipinski definition) is 0. The fourth-order valence-corrected chi connectivity index (χ4v) is 7.41. The Morgan fingerprint density at radius 2 is 1.40 bits per heavy atom. The Hall–Kier alpha value is -5.75. The van der Waals surface area contributed by atoms with Crippen molar-refractivity contribution in [3.63, 3.8) is 0 Å². The van der Waals surface area contributed by atoms with E-state index in [0.29, 0.717) is 0 Å². The van der Waals surface area contributed by atoms with Gasteiger partial charge in [0, 0.05) is 27.6 Å². The number of furan rings is 1. The third-order valence-corrected chi connectivity index (χ3v) is 9.11. The van der Waals surface area contributed by atoms with Crippen LogP contribution in [0.5, 0.6) is 0 Å². The van der Waals surface area contributed by atoms with Crippen LogP contribution in [0.25, 0.3) is 49.7 Å². The van der Waals surface area contributed by atoms with Crippen LogP contribution in [0, 0.1) is 0 Å². The van der Waals surface area contributed by atoms with Crippen LogP contribution in [-0.4, -0.2) is 16.1 Å². The molecular formula is C37H22BN3O2. The summed E-state index contributed by atoms with van der Waals surface area (Å²) in [5.74, 6) is 0. The molecule has 0 bridgehead atoms. The Labute approximate surface area is 246 Å². The summed E-state index contributed by atoms with van der Waals surface area (Å²) in [7, 11) is 0. The molecule has 0 unspecified atom stereocenters. The van der Waals surface area contributed by atoms with Gasteiger partial charge in [-0.05, 0) is 53.0 Å². The standard InChI is InChI=1S/C37H22BN3O2/c42-37-33-25(23-12-3-1-4-13-23)17-11-20-30(33)40-31-22-27-26-16-7-10-21-32(26)43-36(27)35-34(31)38(41(37)40)28-18-8-9-19-29(28)39(35)24-14-5-2-6-15-24/h1-22H. The zero-order valence-electron chi connectivity index (χ0n) is 22.9. The van der Waals surface area contributed by atoms with Crippen molar-refractivity contribution in [2.45, 2.75) is 0 Å². The van der Waals surface area contributed by atoms with Crippen LogP contribution in [0.1, 0.15) is 0 Å². The van der Waals surface area contributed by atoms with Crippen molar-refractivity contribution in [3.05, 3.63) is 144 Å². The molecule has 200 valence electrons. The molecule has 0 spiro atoms. The smallest absolute Gasteiger partial charge is 0.357 e. The Bertz CT molecular complexity index is 2490. The molecule has 4 heterocycles. The van der Waals surface area contributed by atoms with Crippen LogP contribution in [-0.2, 0) is 0 Å². The third kappa shape index (κ3) is 2.85. The fraction of sp³-hybridized carbons (Fsp3) is 0. The number of aromatic nitrogens is 2. The SMILES string of the molecule is O=c1c2c(-c3ccccc3)cccc2n2n1B1c3ccccc3N(c3ccccc3)c3c1c-2cc1c3oc2ccccc21. The number of hydrogen-bond acceptors (Lipinski definition) is 3. The topological polar surface area (TPSA) is 43.3 Å². The maximum atomic E-state index is 14.7. The molecule has 0 amide bonds. The molecule has 43 heavy (non-hydrogen) atoms. The Morgan fingerprint density at radius 3 is 2.26 bits per heavy atom. The number of rotatable bonds is 2. The van der Waals surface area contributed by atoms with E-state index in [9.17, 15) is 4.79 Å². The van der Waals surface area contributed by atoms with Gasteiger partial charge < -0.3 is 9.32 Å². The van der Waals surface area contributed by atoms with E-state index in [1.54, 1.807) is 0 Å². The molecule has 0 saturated heterocycles. The Kier molecular flexibility index (Phi) is 4.35. The first-order valence-electron chi connectivity index (χ1n) is 14.5. The van der Waals surface area contributed by atoms with E-state index in [4.69, 9.17) is 4.42 Å². The number of para-hydroxylation sites is 3. The second kappa shape index (κ2) is 8.17. The molecular weight excluding hydrogens is 529 g/mol. The first-order valence-corrected chi connectivity index (χ1v) is 14.5. The number of fused-ring (bicyclic) bond motifs is 11. The van der Waals surface area contributed by atoms with E-state index in [-0.39, 0.29) is 12.4 Å². The monoisotopic (exact) mass is 551 g/mol. The normalized spacial score (nSPS) is 13.1. The first-order chi connectivity index (χ1) is 21.3. The summed E-state index contributed by atoms with van der Waals surface area (Å²) in [4.78, 5) is 17.0. The molecule has 0 fully saturated rings. The molecule has 2 aliphatic rings. The summed E-state index contributed by atoms with van der Waals surface area (Å²) in [5, 5.41) is 2.83. The van der Waals surface area contributed by atoms with Crippen molar-refractivity contribution in [2.24, 2.45) is 0 Å². The fourth-order valence-electron chi connectivity index (χ4n) is 7.41. The number of benzene rings is 6. The minimum absolute atomic E-state index is 0.00560. The molecule has 0 atom stereocenters. The zero-order chi connectivity index (χ0) is 28.2. The molecule has 0 N–H and O–H groups in total. The van der Waals surface area contributed by atoms with Gasteiger partial charge in [-0.3, -0.25) is 14.1 Å². The van der Waals surface area contributed by atoms with E-state index in [1.807, 2.05) is 41.0 Å². The molecule has 2 aromatic heterocycles. The molecule has 0 aliphatic carbocycles. The minimum atomic E-state index is -0.303. The summed E-state index contributed by atoms with van der Waals surface area (Å²) in [6, 6.07) is 45.7. The molecule has 10 rings (SSSR count). The van der Waals surface area contributed by atoms with Crippen molar-refractivity contribution in [1.82, 2.24) is 9.27 Å². The number of nitrogens with zero attached hydrogens (tertiary/aromatic N) is 3. The molecule has 0 saturated carbocycles. The summed E-state index contributed by atoms with van der Waals surface area (Å²) < 4.78 is 10.8. The highest BCUT2D eigenvalue weighted by Gasteiger charge is 2.47. The largest absolute Gasteiger partial charge is 0.454 e. The van der Waals surface area contributed by atoms with Gasteiger partial charge in [0.25, 0.3) is 5.56 Å². The van der Waals surface area contributed by atoms with Gasteiger partial charge in [0.2, 0.25) is 0 Å². The lowest BCUT2D eigenvalue weighted by atomic mass is 9.48. The average molecular weight is 551 g/mol. The summed E-state index contributed by atoms with van der Waals surface area (Å²) >= 11 is 0. The maximum absolute atomic E-state index is 14.7. The van der Waals surface area contributed by atoms with E-state index in [0.717, 1.165) is 77.6 Å². The van der Waals surface area contributed by atoms with Crippen LogP contribution < -0.4 is 21.4 Å². The van der Waals surface area contributed by atoms with Gasteiger partial charge in [0.05, 0.1) is 22.3 Å². The molecule has 0 radical (unpaired) electrons. The van der Waals surface area contributed by atoms with Crippen LogP contribution in [0.4, 0.5) is 17.1 Å². The van der Waals surface area contributed by atoms with E-state index >= 15 is 0 Å². The lowest BCUT2D eigenvalue weighted by Crippen LogP contribution is -2.55. The summed E-state index contributed by atoms with van der Waals surface area (Å²) in [5.41, 5.74) is 10.8. The molecule has 2 aliphatic heterocycles. The molecule has 5 nitrogen and oxygen atoms in total. The van der Waals surface area contributed by atoms with Crippen molar-refractivity contribution in [2.75, 3.05) is 4.90 Å². The minimum Gasteiger partial charge on any atom is -0.454 e. The number of anilines is 3.